The van der Waals surface area contributed by atoms with Crippen LogP contribution >= 0.6 is 11.3 Å². The molecule has 148 valence electrons. The molecule has 5 heteroatoms. The van der Waals surface area contributed by atoms with Crippen molar-refractivity contribution >= 4 is 17.2 Å². The third-order valence-corrected chi connectivity index (χ3v) is 6.24. The van der Waals surface area contributed by atoms with E-state index >= 15 is 0 Å². The Kier molecular flexibility index (Phi) is 6.68. The standard InChI is InChI=1S/C23H29N3OS/c1-17-10-11-21(28-17)16-26(15-14-20-8-6-5-7-9-20)23(27)13-12-22-18(2)24-25(4)19(22)3/h5-11H,12-16H2,1-4H3. The van der Waals surface area contributed by atoms with Crippen molar-refractivity contribution in [3.8, 4) is 0 Å². The van der Waals surface area contributed by atoms with Crippen molar-refractivity contribution in [1.82, 2.24) is 14.7 Å². The van der Waals surface area contributed by atoms with Crippen LogP contribution in [0.15, 0.2) is 42.5 Å². The molecule has 0 bridgehead atoms. The molecule has 0 N–H and O–H groups in total. The van der Waals surface area contributed by atoms with E-state index in [1.807, 2.05) is 29.6 Å². The van der Waals surface area contributed by atoms with Crippen molar-refractivity contribution in [3.63, 3.8) is 0 Å². The van der Waals surface area contributed by atoms with Gasteiger partial charge in [0.05, 0.1) is 12.2 Å². The molecule has 0 fully saturated rings. The molecule has 1 amide bonds. The lowest BCUT2D eigenvalue weighted by atomic mass is 10.1. The molecule has 3 rings (SSSR count). The van der Waals surface area contributed by atoms with Gasteiger partial charge in [0.1, 0.15) is 0 Å². The van der Waals surface area contributed by atoms with Crippen LogP contribution in [0.25, 0.3) is 0 Å². The van der Waals surface area contributed by atoms with Gasteiger partial charge in [0.25, 0.3) is 0 Å². The van der Waals surface area contributed by atoms with Crippen LogP contribution in [0.1, 0.15) is 38.7 Å². The summed E-state index contributed by atoms with van der Waals surface area (Å²) in [6.07, 6.45) is 2.14. The summed E-state index contributed by atoms with van der Waals surface area (Å²) in [4.78, 5) is 17.6. The van der Waals surface area contributed by atoms with E-state index in [0.717, 1.165) is 30.8 Å². The molecule has 0 atom stereocenters. The largest absolute Gasteiger partial charge is 0.337 e. The smallest absolute Gasteiger partial charge is 0.223 e. The van der Waals surface area contributed by atoms with Crippen molar-refractivity contribution in [2.75, 3.05) is 6.54 Å². The van der Waals surface area contributed by atoms with Crippen molar-refractivity contribution in [2.45, 2.75) is 46.6 Å². The lowest BCUT2D eigenvalue weighted by Gasteiger charge is -2.22. The highest BCUT2D eigenvalue weighted by Crippen LogP contribution is 2.19. The van der Waals surface area contributed by atoms with E-state index in [-0.39, 0.29) is 5.91 Å². The summed E-state index contributed by atoms with van der Waals surface area (Å²) in [6.45, 7) is 7.63. The second-order valence-corrected chi connectivity index (χ2v) is 8.71. The fourth-order valence-corrected chi connectivity index (χ4v) is 4.43. The molecular formula is C23H29N3OS. The summed E-state index contributed by atoms with van der Waals surface area (Å²) in [6, 6.07) is 14.6. The van der Waals surface area contributed by atoms with Gasteiger partial charge in [-0.1, -0.05) is 30.3 Å². The molecule has 1 aromatic carbocycles. The zero-order valence-electron chi connectivity index (χ0n) is 17.2. The highest BCUT2D eigenvalue weighted by atomic mass is 32.1. The topological polar surface area (TPSA) is 38.1 Å². The number of carbonyl (C=O) groups excluding carboxylic acids is 1. The first-order chi connectivity index (χ1) is 13.4. The van der Waals surface area contributed by atoms with Crippen LogP contribution in [0.3, 0.4) is 0 Å². The summed E-state index contributed by atoms with van der Waals surface area (Å²) >= 11 is 1.77. The van der Waals surface area contributed by atoms with Crippen LogP contribution in [0.2, 0.25) is 0 Å². The minimum Gasteiger partial charge on any atom is -0.337 e. The van der Waals surface area contributed by atoms with E-state index in [9.17, 15) is 4.79 Å². The molecule has 4 nitrogen and oxygen atoms in total. The molecule has 0 radical (unpaired) electrons. The van der Waals surface area contributed by atoms with Gasteiger partial charge in [0.15, 0.2) is 0 Å². The van der Waals surface area contributed by atoms with Crippen molar-refractivity contribution in [3.05, 3.63) is 74.7 Å². The normalized spacial score (nSPS) is 11.0. The Labute approximate surface area is 171 Å². The third-order valence-electron chi connectivity index (χ3n) is 5.26. The molecule has 0 aliphatic carbocycles. The summed E-state index contributed by atoms with van der Waals surface area (Å²) in [5, 5.41) is 4.47. The predicted octanol–water partition coefficient (Wildman–Crippen LogP) is 4.61. The van der Waals surface area contributed by atoms with E-state index < -0.39 is 0 Å². The highest BCUT2D eigenvalue weighted by Gasteiger charge is 2.17. The number of thiophene rings is 1. The Hall–Kier alpha value is -2.40. The summed E-state index contributed by atoms with van der Waals surface area (Å²) in [5.74, 6) is 0.213. The zero-order valence-corrected chi connectivity index (χ0v) is 18.1. The lowest BCUT2D eigenvalue weighted by molar-refractivity contribution is -0.131. The van der Waals surface area contributed by atoms with E-state index in [4.69, 9.17) is 0 Å². The van der Waals surface area contributed by atoms with Gasteiger partial charge in [-0.2, -0.15) is 5.10 Å². The van der Waals surface area contributed by atoms with Crippen LogP contribution in [-0.4, -0.2) is 27.1 Å². The Bertz CT molecular complexity index is 927. The fourth-order valence-electron chi connectivity index (χ4n) is 3.53. The zero-order chi connectivity index (χ0) is 20.1. The second-order valence-electron chi connectivity index (χ2n) is 7.34. The molecule has 2 heterocycles. The van der Waals surface area contributed by atoms with Gasteiger partial charge in [-0.3, -0.25) is 9.48 Å². The van der Waals surface area contributed by atoms with E-state index in [1.54, 1.807) is 11.3 Å². The van der Waals surface area contributed by atoms with Gasteiger partial charge < -0.3 is 4.90 Å². The van der Waals surface area contributed by atoms with Crippen LogP contribution in [0.5, 0.6) is 0 Å². The number of nitrogens with zero attached hydrogens (tertiary/aromatic N) is 3. The van der Waals surface area contributed by atoms with Crippen LogP contribution in [-0.2, 0) is 31.2 Å². The Morgan fingerprint density at radius 3 is 2.43 bits per heavy atom. The van der Waals surface area contributed by atoms with Crippen molar-refractivity contribution < 1.29 is 4.79 Å². The molecule has 0 saturated carbocycles. The maximum Gasteiger partial charge on any atom is 0.223 e. The first-order valence-corrected chi connectivity index (χ1v) is 10.6. The molecule has 0 saturated heterocycles. The van der Waals surface area contributed by atoms with E-state index in [0.29, 0.717) is 13.0 Å². The molecule has 0 aliphatic rings. The average Bonchev–Trinajstić information content (AvgIpc) is 3.20. The molecule has 3 aromatic rings. The Balaban J connectivity index is 1.68. The molecule has 0 aliphatic heterocycles. The van der Waals surface area contributed by atoms with Crippen molar-refractivity contribution in [2.24, 2.45) is 7.05 Å². The fraction of sp³-hybridized carbons (Fsp3) is 0.391. The monoisotopic (exact) mass is 395 g/mol. The average molecular weight is 396 g/mol. The van der Waals surface area contributed by atoms with Gasteiger partial charge in [-0.15, -0.1) is 11.3 Å². The highest BCUT2D eigenvalue weighted by molar-refractivity contribution is 7.11. The quantitative estimate of drug-likeness (QED) is 0.559. The number of carbonyl (C=O) groups is 1. The summed E-state index contributed by atoms with van der Waals surface area (Å²) < 4.78 is 1.90. The number of hydrogen-bond donors (Lipinski definition) is 0. The number of rotatable bonds is 8. The maximum atomic E-state index is 13.1. The van der Waals surface area contributed by atoms with Gasteiger partial charge in [0.2, 0.25) is 5.91 Å². The number of aromatic nitrogens is 2. The van der Waals surface area contributed by atoms with E-state index in [2.05, 4.69) is 55.3 Å². The second kappa shape index (κ2) is 9.20. The number of benzene rings is 1. The third kappa shape index (κ3) is 5.10. The van der Waals surface area contributed by atoms with Gasteiger partial charge in [-0.25, -0.2) is 0 Å². The van der Waals surface area contributed by atoms with Gasteiger partial charge in [0, 0.05) is 35.5 Å². The molecular weight excluding hydrogens is 366 g/mol. The first-order valence-electron chi connectivity index (χ1n) is 9.80. The molecule has 0 unspecified atom stereocenters. The van der Waals surface area contributed by atoms with Gasteiger partial charge in [-0.05, 0) is 56.9 Å². The van der Waals surface area contributed by atoms with Crippen LogP contribution in [0.4, 0.5) is 0 Å². The molecule has 0 spiro atoms. The Morgan fingerprint density at radius 1 is 1.07 bits per heavy atom. The maximum absolute atomic E-state index is 13.1. The number of aryl methyl sites for hydroxylation is 3. The minimum atomic E-state index is 0.213. The lowest BCUT2D eigenvalue weighted by Crippen LogP contribution is -2.32. The van der Waals surface area contributed by atoms with Gasteiger partial charge >= 0.3 is 0 Å². The first kappa shape index (κ1) is 20.3. The Morgan fingerprint density at radius 2 is 1.82 bits per heavy atom. The molecule has 28 heavy (non-hydrogen) atoms. The predicted molar refractivity (Wildman–Crippen MR) is 116 cm³/mol. The van der Waals surface area contributed by atoms with Crippen molar-refractivity contribution in [1.29, 1.82) is 0 Å². The van der Waals surface area contributed by atoms with Crippen LogP contribution in [0, 0.1) is 20.8 Å². The molecule has 2 aromatic heterocycles. The van der Waals surface area contributed by atoms with E-state index in [1.165, 1.54) is 20.9 Å². The SMILES string of the molecule is Cc1ccc(CN(CCc2ccccc2)C(=O)CCc2c(C)nn(C)c2C)s1. The van der Waals surface area contributed by atoms with Crippen LogP contribution < -0.4 is 0 Å². The number of hydrogen-bond acceptors (Lipinski definition) is 3. The summed E-state index contributed by atoms with van der Waals surface area (Å²) in [7, 11) is 1.96. The number of amides is 1. The minimum absolute atomic E-state index is 0.213. The summed E-state index contributed by atoms with van der Waals surface area (Å²) in [5.41, 5.74) is 4.64.